The zero-order chi connectivity index (χ0) is 18.1. The molecule has 28 heavy (non-hydrogen) atoms. The summed E-state index contributed by atoms with van der Waals surface area (Å²) in [5, 5.41) is 3.84. The van der Waals surface area contributed by atoms with Gasteiger partial charge in [0, 0.05) is 18.7 Å². The number of hydrogen-bond acceptors (Lipinski definition) is 4. The van der Waals surface area contributed by atoms with Gasteiger partial charge in [0.1, 0.15) is 5.65 Å². The zero-order valence-corrected chi connectivity index (χ0v) is 17.3. The SMILES string of the molecule is Cl.Cl.Cn1c(=O)c2ccc(C3CCNCC3)nc2n(Cc2ccccc2)c1=O. The summed E-state index contributed by atoms with van der Waals surface area (Å²) in [6.07, 6.45) is 2.04. The third-order valence-electron chi connectivity index (χ3n) is 5.15. The van der Waals surface area contributed by atoms with E-state index in [0.29, 0.717) is 23.5 Å². The van der Waals surface area contributed by atoms with Gasteiger partial charge < -0.3 is 5.32 Å². The van der Waals surface area contributed by atoms with Crippen LogP contribution in [0.4, 0.5) is 0 Å². The van der Waals surface area contributed by atoms with Crippen molar-refractivity contribution < 1.29 is 0 Å². The van der Waals surface area contributed by atoms with Crippen molar-refractivity contribution in [2.45, 2.75) is 25.3 Å². The molecule has 1 aromatic carbocycles. The zero-order valence-electron chi connectivity index (χ0n) is 15.6. The lowest BCUT2D eigenvalue weighted by atomic mass is 9.94. The van der Waals surface area contributed by atoms with Gasteiger partial charge >= 0.3 is 5.69 Å². The van der Waals surface area contributed by atoms with E-state index in [2.05, 4.69) is 5.32 Å². The van der Waals surface area contributed by atoms with Crippen LogP contribution in [0, 0.1) is 0 Å². The normalized spacial score (nSPS) is 14.3. The number of pyridine rings is 1. The standard InChI is InChI=1S/C20H22N4O2.2ClH/c1-23-19(25)16-7-8-17(15-9-11-21-12-10-15)22-18(16)24(20(23)26)13-14-5-3-2-4-6-14;;/h2-8,15,21H,9-13H2,1H3;2*1H. The predicted molar refractivity (Wildman–Crippen MR) is 116 cm³/mol. The van der Waals surface area contributed by atoms with Gasteiger partial charge in [-0.3, -0.25) is 13.9 Å². The molecular weight excluding hydrogens is 399 g/mol. The number of aromatic nitrogens is 3. The molecule has 1 aliphatic heterocycles. The number of rotatable bonds is 3. The molecule has 4 rings (SSSR count). The quantitative estimate of drug-likeness (QED) is 0.703. The molecule has 1 N–H and O–H groups in total. The largest absolute Gasteiger partial charge is 0.332 e. The lowest BCUT2D eigenvalue weighted by Gasteiger charge is -2.22. The van der Waals surface area contributed by atoms with E-state index >= 15 is 0 Å². The van der Waals surface area contributed by atoms with Gasteiger partial charge in [-0.2, -0.15) is 0 Å². The number of nitrogens with zero attached hydrogens (tertiary/aromatic N) is 3. The lowest BCUT2D eigenvalue weighted by molar-refractivity contribution is 0.453. The first kappa shape index (κ1) is 22.1. The second-order valence-electron chi connectivity index (χ2n) is 6.85. The third-order valence-corrected chi connectivity index (χ3v) is 5.15. The first-order chi connectivity index (χ1) is 12.6. The van der Waals surface area contributed by atoms with E-state index in [1.54, 1.807) is 4.57 Å². The highest BCUT2D eigenvalue weighted by Gasteiger charge is 2.19. The fourth-order valence-corrected chi connectivity index (χ4v) is 3.63. The van der Waals surface area contributed by atoms with Crippen LogP contribution in [0.25, 0.3) is 11.0 Å². The number of hydrogen-bond donors (Lipinski definition) is 1. The van der Waals surface area contributed by atoms with Crippen molar-refractivity contribution in [3.05, 3.63) is 74.6 Å². The first-order valence-corrected chi connectivity index (χ1v) is 9.00. The molecule has 3 aromatic rings. The van der Waals surface area contributed by atoms with Gasteiger partial charge in [-0.25, -0.2) is 9.78 Å². The molecule has 1 fully saturated rings. The Balaban J connectivity index is 0.00000140. The topological polar surface area (TPSA) is 68.9 Å². The highest BCUT2D eigenvalue weighted by Crippen LogP contribution is 2.24. The molecular formula is C20H24Cl2N4O2. The van der Waals surface area contributed by atoms with Gasteiger partial charge in [-0.15, -0.1) is 24.8 Å². The fraction of sp³-hybridized carbons (Fsp3) is 0.350. The summed E-state index contributed by atoms with van der Waals surface area (Å²) in [5.74, 6) is 0.366. The summed E-state index contributed by atoms with van der Waals surface area (Å²) in [7, 11) is 1.52. The molecule has 2 aromatic heterocycles. The van der Waals surface area contributed by atoms with Crippen LogP contribution in [0.3, 0.4) is 0 Å². The first-order valence-electron chi connectivity index (χ1n) is 9.00. The molecule has 1 saturated heterocycles. The number of benzene rings is 1. The second-order valence-corrected chi connectivity index (χ2v) is 6.85. The Hall–Kier alpha value is -2.15. The van der Waals surface area contributed by atoms with E-state index in [4.69, 9.17) is 4.98 Å². The molecule has 0 amide bonds. The molecule has 0 unspecified atom stereocenters. The summed E-state index contributed by atoms with van der Waals surface area (Å²) in [4.78, 5) is 30.1. The van der Waals surface area contributed by atoms with Gasteiger partial charge in [0.25, 0.3) is 5.56 Å². The lowest BCUT2D eigenvalue weighted by Crippen LogP contribution is -2.39. The van der Waals surface area contributed by atoms with Crippen LogP contribution < -0.4 is 16.6 Å². The van der Waals surface area contributed by atoms with Crippen LogP contribution in [0.15, 0.2) is 52.1 Å². The average molecular weight is 423 g/mol. The number of nitrogens with one attached hydrogen (secondary N) is 1. The molecule has 150 valence electrons. The Bertz CT molecular complexity index is 1060. The molecule has 0 aliphatic carbocycles. The number of piperidine rings is 1. The van der Waals surface area contributed by atoms with E-state index in [-0.39, 0.29) is 36.1 Å². The Kier molecular flexibility index (Phi) is 7.41. The van der Waals surface area contributed by atoms with Crippen molar-refractivity contribution in [1.29, 1.82) is 0 Å². The molecule has 0 bridgehead atoms. The molecule has 0 radical (unpaired) electrons. The van der Waals surface area contributed by atoms with Crippen LogP contribution >= 0.6 is 24.8 Å². The second kappa shape index (κ2) is 9.37. The van der Waals surface area contributed by atoms with Gasteiger partial charge in [0.2, 0.25) is 0 Å². The highest BCUT2D eigenvalue weighted by molar-refractivity contribution is 5.85. The summed E-state index contributed by atoms with van der Waals surface area (Å²) in [6.45, 7) is 2.34. The average Bonchev–Trinajstić information content (AvgIpc) is 2.70. The molecule has 3 heterocycles. The van der Waals surface area contributed by atoms with E-state index in [0.717, 1.165) is 41.8 Å². The van der Waals surface area contributed by atoms with Gasteiger partial charge in [-0.1, -0.05) is 30.3 Å². The maximum absolute atomic E-state index is 12.8. The molecule has 8 heteroatoms. The van der Waals surface area contributed by atoms with E-state index in [9.17, 15) is 9.59 Å². The summed E-state index contributed by atoms with van der Waals surface area (Å²) in [6, 6.07) is 13.5. The van der Waals surface area contributed by atoms with Crippen molar-refractivity contribution in [2.24, 2.45) is 7.05 Å². The van der Waals surface area contributed by atoms with Crippen molar-refractivity contribution >= 4 is 35.8 Å². The van der Waals surface area contributed by atoms with E-state index < -0.39 is 0 Å². The third kappa shape index (κ3) is 4.14. The molecule has 1 aliphatic rings. The summed E-state index contributed by atoms with van der Waals surface area (Å²) in [5.41, 5.74) is 1.83. The maximum atomic E-state index is 12.8. The van der Waals surface area contributed by atoms with Crippen molar-refractivity contribution in [2.75, 3.05) is 13.1 Å². The van der Waals surface area contributed by atoms with Crippen molar-refractivity contribution in [1.82, 2.24) is 19.4 Å². The number of halogens is 2. The summed E-state index contributed by atoms with van der Waals surface area (Å²) < 4.78 is 2.77. The molecule has 0 saturated carbocycles. The minimum Gasteiger partial charge on any atom is -0.317 e. The molecule has 0 spiro atoms. The fourth-order valence-electron chi connectivity index (χ4n) is 3.63. The van der Waals surface area contributed by atoms with E-state index in [1.165, 1.54) is 7.05 Å². The monoisotopic (exact) mass is 422 g/mol. The van der Waals surface area contributed by atoms with Gasteiger partial charge in [0.05, 0.1) is 11.9 Å². The van der Waals surface area contributed by atoms with Crippen molar-refractivity contribution in [3.63, 3.8) is 0 Å². The van der Waals surface area contributed by atoms with Crippen LogP contribution in [-0.2, 0) is 13.6 Å². The maximum Gasteiger partial charge on any atom is 0.332 e. The number of fused-ring (bicyclic) bond motifs is 1. The van der Waals surface area contributed by atoms with Crippen LogP contribution in [0.2, 0.25) is 0 Å². The van der Waals surface area contributed by atoms with Crippen LogP contribution in [0.5, 0.6) is 0 Å². The van der Waals surface area contributed by atoms with Crippen molar-refractivity contribution in [3.8, 4) is 0 Å². The van der Waals surface area contributed by atoms with Gasteiger partial charge in [-0.05, 0) is 43.6 Å². The predicted octanol–water partition coefficient (Wildman–Crippen LogP) is 2.45. The Morgan fingerprint density at radius 3 is 2.39 bits per heavy atom. The highest BCUT2D eigenvalue weighted by atomic mass is 35.5. The Morgan fingerprint density at radius 1 is 1.04 bits per heavy atom. The van der Waals surface area contributed by atoms with Gasteiger partial charge in [0.15, 0.2) is 0 Å². The molecule has 0 atom stereocenters. The van der Waals surface area contributed by atoms with Crippen LogP contribution in [0.1, 0.15) is 30.0 Å². The minimum atomic E-state index is -0.332. The Labute approximate surface area is 175 Å². The minimum absolute atomic E-state index is 0. The molecule has 6 nitrogen and oxygen atoms in total. The van der Waals surface area contributed by atoms with Crippen LogP contribution in [-0.4, -0.2) is 27.2 Å². The smallest absolute Gasteiger partial charge is 0.317 e. The van der Waals surface area contributed by atoms with E-state index in [1.807, 2.05) is 42.5 Å². The summed E-state index contributed by atoms with van der Waals surface area (Å²) >= 11 is 0. The Morgan fingerprint density at radius 2 is 1.71 bits per heavy atom.